The second kappa shape index (κ2) is 7.59. The molecule has 0 saturated carbocycles. The predicted molar refractivity (Wildman–Crippen MR) is 80.9 cm³/mol. The van der Waals surface area contributed by atoms with Gasteiger partial charge in [-0.2, -0.15) is 0 Å². The molecule has 0 amide bonds. The van der Waals surface area contributed by atoms with Gasteiger partial charge >= 0.3 is 0 Å². The van der Waals surface area contributed by atoms with E-state index in [1.165, 1.54) is 19.2 Å². The highest BCUT2D eigenvalue weighted by atomic mass is 35.5. The lowest BCUT2D eigenvalue weighted by molar-refractivity contribution is 0.180. The molecular weight excluding hydrogens is 323 g/mol. The van der Waals surface area contributed by atoms with Gasteiger partial charge in [-0.15, -0.1) is 0 Å². The number of hydrogen-bond acceptors (Lipinski definition) is 4. The summed E-state index contributed by atoms with van der Waals surface area (Å²) in [5, 5.41) is 3.45. The number of ether oxygens (including phenoxy) is 1. The molecule has 0 fully saturated rings. The lowest BCUT2D eigenvalue weighted by Gasteiger charge is -2.16. The summed E-state index contributed by atoms with van der Waals surface area (Å²) < 4.78 is 32.0. The fraction of sp³-hybridized carbons (Fsp3) is 0.500. The van der Waals surface area contributed by atoms with Crippen LogP contribution in [-0.4, -0.2) is 35.2 Å². The second-order valence-electron chi connectivity index (χ2n) is 4.35. The summed E-state index contributed by atoms with van der Waals surface area (Å²) in [4.78, 5) is 0.0109. The number of hydrogen-bond donors (Lipinski definition) is 2. The van der Waals surface area contributed by atoms with Crippen molar-refractivity contribution in [1.82, 2.24) is 10.0 Å². The summed E-state index contributed by atoms with van der Waals surface area (Å²) in [7, 11) is -0.484. The minimum Gasteiger partial charge on any atom is -0.383 e. The van der Waals surface area contributed by atoms with Gasteiger partial charge in [0, 0.05) is 30.3 Å². The van der Waals surface area contributed by atoms with Crippen molar-refractivity contribution in [3.05, 3.63) is 27.7 Å². The number of rotatable bonds is 7. The molecule has 0 heterocycles. The number of methoxy groups -OCH3 is 1. The molecule has 1 unspecified atom stereocenters. The highest BCUT2D eigenvalue weighted by Gasteiger charge is 2.23. The number of benzene rings is 1. The van der Waals surface area contributed by atoms with Gasteiger partial charge in [0.05, 0.1) is 11.6 Å². The van der Waals surface area contributed by atoms with Crippen molar-refractivity contribution in [2.24, 2.45) is 0 Å². The molecule has 114 valence electrons. The normalized spacial score (nSPS) is 13.4. The van der Waals surface area contributed by atoms with Gasteiger partial charge in [0.15, 0.2) is 0 Å². The number of sulfonamides is 1. The molecule has 1 aromatic rings. The van der Waals surface area contributed by atoms with E-state index in [2.05, 4.69) is 10.0 Å². The quantitative estimate of drug-likeness (QED) is 0.796. The standard InChI is InChI=1S/C12H18Cl2N2O3S/c1-8(7-19-3)16-20(17,18)11-5-4-10(13)9(6-15-2)12(11)14/h4-5,8,15-16H,6-7H2,1-3H3. The van der Waals surface area contributed by atoms with Gasteiger partial charge in [0.25, 0.3) is 0 Å². The number of nitrogens with one attached hydrogen (secondary N) is 2. The maximum absolute atomic E-state index is 12.3. The molecule has 0 spiro atoms. The van der Waals surface area contributed by atoms with Gasteiger partial charge in [-0.05, 0) is 26.1 Å². The van der Waals surface area contributed by atoms with E-state index in [1.54, 1.807) is 14.0 Å². The molecule has 0 saturated heterocycles. The molecule has 0 aliphatic rings. The van der Waals surface area contributed by atoms with Crippen molar-refractivity contribution < 1.29 is 13.2 Å². The fourth-order valence-electron chi connectivity index (χ4n) is 1.73. The van der Waals surface area contributed by atoms with Crippen molar-refractivity contribution in [2.75, 3.05) is 20.8 Å². The van der Waals surface area contributed by atoms with Crippen LogP contribution < -0.4 is 10.0 Å². The van der Waals surface area contributed by atoms with E-state index >= 15 is 0 Å². The Hall–Kier alpha value is -0.370. The fourth-order valence-corrected chi connectivity index (χ4v) is 3.87. The SMILES string of the molecule is CNCc1c(Cl)ccc(S(=O)(=O)NC(C)COC)c1Cl. The van der Waals surface area contributed by atoms with Crippen molar-refractivity contribution in [1.29, 1.82) is 0 Å². The highest BCUT2D eigenvalue weighted by Crippen LogP contribution is 2.31. The van der Waals surface area contributed by atoms with Crippen LogP contribution in [0, 0.1) is 0 Å². The van der Waals surface area contributed by atoms with Crippen LogP contribution in [0.2, 0.25) is 10.0 Å². The van der Waals surface area contributed by atoms with Crippen LogP contribution in [0.3, 0.4) is 0 Å². The summed E-state index contributed by atoms with van der Waals surface area (Å²) in [6.45, 7) is 2.36. The first-order chi connectivity index (χ1) is 9.33. The zero-order valence-corrected chi connectivity index (χ0v) is 13.9. The predicted octanol–water partition coefficient (Wildman–Crippen LogP) is 2.03. The molecule has 1 atom stereocenters. The molecule has 8 heteroatoms. The molecule has 0 aromatic heterocycles. The molecule has 0 aliphatic heterocycles. The van der Waals surface area contributed by atoms with Crippen LogP contribution >= 0.6 is 23.2 Å². The first-order valence-corrected chi connectivity index (χ1v) is 8.20. The second-order valence-corrected chi connectivity index (χ2v) is 6.81. The van der Waals surface area contributed by atoms with Crippen LogP contribution in [0.15, 0.2) is 17.0 Å². The van der Waals surface area contributed by atoms with E-state index in [9.17, 15) is 8.42 Å². The Morgan fingerprint density at radius 3 is 2.55 bits per heavy atom. The third-order valence-corrected chi connectivity index (χ3v) is 5.10. The zero-order valence-electron chi connectivity index (χ0n) is 11.5. The lowest BCUT2D eigenvalue weighted by Crippen LogP contribution is -2.35. The Kier molecular flexibility index (Phi) is 6.71. The van der Waals surface area contributed by atoms with Gasteiger partial charge in [-0.1, -0.05) is 23.2 Å². The average Bonchev–Trinajstić information content (AvgIpc) is 2.33. The van der Waals surface area contributed by atoms with Crippen LogP contribution in [0.4, 0.5) is 0 Å². The van der Waals surface area contributed by atoms with Crippen molar-refractivity contribution in [3.63, 3.8) is 0 Å². The molecule has 2 N–H and O–H groups in total. The smallest absolute Gasteiger partial charge is 0.242 e. The number of halogens is 2. The Labute approximate surface area is 129 Å². The van der Waals surface area contributed by atoms with Crippen molar-refractivity contribution >= 4 is 33.2 Å². The van der Waals surface area contributed by atoms with E-state index in [0.29, 0.717) is 17.1 Å². The Morgan fingerprint density at radius 2 is 2.00 bits per heavy atom. The van der Waals surface area contributed by atoms with E-state index in [-0.39, 0.29) is 22.6 Å². The molecule has 0 radical (unpaired) electrons. The van der Waals surface area contributed by atoms with Crippen LogP contribution in [0.1, 0.15) is 12.5 Å². The summed E-state index contributed by atoms with van der Waals surface area (Å²) >= 11 is 12.2. The van der Waals surface area contributed by atoms with E-state index < -0.39 is 10.0 Å². The largest absolute Gasteiger partial charge is 0.383 e. The summed E-state index contributed by atoms with van der Waals surface area (Å²) in [5.41, 5.74) is 0.554. The van der Waals surface area contributed by atoms with Gasteiger partial charge in [-0.25, -0.2) is 13.1 Å². The molecule has 1 aromatic carbocycles. The Morgan fingerprint density at radius 1 is 1.35 bits per heavy atom. The van der Waals surface area contributed by atoms with E-state index in [4.69, 9.17) is 27.9 Å². The van der Waals surface area contributed by atoms with Gasteiger partial charge < -0.3 is 10.1 Å². The van der Waals surface area contributed by atoms with Gasteiger partial charge in [0.1, 0.15) is 4.90 Å². The van der Waals surface area contributed by atoms with Gasteiger partial charge in [-0.3, -0.25) is 0 Å². The minimum absolute atomic E-state index is 0.0109. The third kappa shape index (κ3) is 4.31. The van der Waals surface area contributed by atoms with Crippen LogP contribution in [0.25, 0.3) is 0 Å². The average molecular weight is 341 g/mol. The van der Waals surface area contributed by atoms with Crippen molar-refractivity contribution in [2.45, 2.75) is 24.4 Å². The topological polar surface area (TPSA) is 67.4 Å². The zero-order chi connectivity index (χ0) is 15.3. The first-order valence-electron chi connectivity index (χ1n) is 5.96. The first kappa shape index (κ1) is 17.7. The minimum atomic E-state index is -3.72. The Bertz CT molecular complexity index is 564. The molecular formula is C12H18Cl2N2O3S. The van der Waals surface area contributed by atoms with Gasteiger partial charge in [0.2, 0.25) is 10.0 Å². The summed E-state index contributed by atoms with van der Waals surface area (Å²) in [6, 6.07) is 2.56. The third-order valence-electron chi connectivity index (χ3n) is 2.57. The Balaban J connectivity index is 3.16. The van der Waals surface area contributed by atoms with Crippen LogP contribution in [0.5, 0.6) is 0 Å². The monoisotopic (exact) mass is 340 g/mol. The lowest BCUT2D eigenvalue weighted by atomic mass is 10.2. The maximum atomic E-state index is 12.3. The molecule has 0 bridgehead atoms. The van der Waals surface area contributed by atoms with E-state index in [0.717, 1.165) is 0 Å². The van der Waals surface area contributed by atoms with E-state index in [1.807, 2.05) is 0 Å². The molecule has 0 aliphatic carbocycles. The summed E-state index contributed by atoms with van der Waals surface area (Å²) in [6.07, 6.45) is 0. The van der Waals surface area contributed by atoms with Crippen molar-refractivity contribution in [3.8, 4) is 0 Å². The highest BCUT2D eigenvalue weighted by molar-refractivity contribution is 7.89. The molecule has 1 rings (SSSR count). The molecule has 20 heavy (non-hydrogen) atoms. The van der Waals surface area contributed by atoms with Crippen LogP contribution in [-0.2, 0) is 21.3 Å². The molecule has 5 nitrogen and oxygen atoms in total. The summed E-state index contributed by atoms with van der Waals surface area (Å²) in [5.74, 6) is 0. The maximum Gasteiger partial charge on any atom is 0.242 e.